The van der Waals surface area contributed by atoms with Gasteiger partial charge < -0.3 is 14.6 Å². The maximum atomic E-state index is 12.2. The predicted molar refractivity (Wildman–Crippen MR) is 72.1 cm³/mol. The minimum absolute atomic E-state index is 0.0404. The molecule has 106 valence electrons. The van der Waals surface area contributed by atoms with E-state index in [2.05, 4.69) is 0 Å². The van der Waals surface area contributed by atoms with E-state index in [1.165, 1.54) is 0 Å². The van der Waals surface area contributed by atoms with Crippen LogP contribution in [0.2, 0.25) is 0 Å². The van der Waals surface area contributed by atoms with Gasteiger partial charge in [-0.1, -0.05) is 6.07 Å². The number of allylic oxidation sites excluding steroid dienone is 2. The number of carboxylic acids is 1. The fourth-order valence-corrected chi connectivity index (χ4v) is 1.94. The van der Waals surface area contributed by atoms with Crippen LogP contribution in [0.15, 0.2) is 29.5 Å². The van der Waals surface area contributed by atoms with Crippen LogP contribution in [-0.4, -0.2) is 23.5 Å². The van der Waals surface area contributed by atoms with Gasteiger partial charge in [0.1, 0.15) is 17.1 Å². The molecule has 0 aliphatic carbocycles. The van der Waals surface area contributed by atoms with Gasteiger partial charge in [0.15, 0.2) is 5.76 Å². The molecule has 0 aromatic heterocycles. The summed E-state index contributed by atoms with van der Waals surface area (Å²) in [6.07, 6.45) is 0.433. The van der Waals surface area contributed by atoms with E-state index >= 15 is 0 Å². The molecule has 0 saturated heterocycles. The van der Waals surface area contributed by atoms with Crippen LogP contribution in [0.25, 0.3) is 0 Å². The zero-order chi connectivity index (χ0) is 14.7. The van der Waals surface area contributed by atoms with E-state index in [-0.39, 0.29) is 18.8 Å². The zero-order valence-corrected chi connectivity index (χ0v) is 11.4. The van der Waals surface area contributed by atoms with Gasteiger partial charge in [-0.2, -0.15) is 0 Å². The SMILES string of the molecule is CC(C)=C1Oc2cccc(OCCCC(=O)O)c2C1=O. The first-order chi connectivity index (χ1) is 9.50. The maximum Gasteiger partial charge on any atom is 0.303 e. The van der Waals surface area contributed by atoms with Gasteiger partial charge in [0.25, 0.3) is 0 Å². The summed E-state index contributed by atoms with van der Waals surface area (Å²) in [5.74, 6) is 0.213. The van der Waals surface area contributed by atoms with Crippen molar-refractivity contribution in [2.75, 3.05) is 6.61 Å². The lowest BCUT2D eigenvalue weighted by atomic mass is 10.1. The lowest BCUT2D eigenvalue weighted by Crippen LogP contribution is -2.05. The Morgan fingerprint density at radius 2 is 2.10 bits per heavy atom. The number of fused-ring (bicyclic) bond motifs is 1. The lowest BCUT2D eigenvalue weighted by molar-refractivity contribution is -0.137. The highest BCUT2D eigenvalue weighted by Crippen LogP contribution is 2.38. The molecule has 1 aromatic rings. The van der Waals surface area contributed by atoms with Gasteiger partial charge in [-0.05, 0) is 38.0 Å². The third kappa shape index (κ3) is 2.82. The van der Waals surface area contributed by atoms with Crippen LogP contribution in [0.4, 0.5) is 0 Å². The molecule has 0 radical (unpaired) electrons. The van der Waals surface area contributed by atoms with Crippen molar-refractivity contribution in [3.63, 3.8) is 0 Å². The predicted octanol–water partition coefficient (Wildman–Crippen LogP) is 2.80. The van der Waals surface area contributed by atoms with Gasteiger partial charge in [0.2, 0.25) is 5.78 Å². The number of aliphatic carboxylic acids is 1. The quantitative estimate of drug-likeness (QED) is 0.661. The Bertz CT molecular complexity index is 582. The Kier molecular flexibility index (Phi) is 4.08. The molecule has 0 spiro atoms. The van der Waals surface area contributed by atoms with Crippen LogP contribution < -0.4 is 9.47 Å². The Labute approximate surface area is 116 Å². The van der Waals surface area contributed by atoms with Crippen molar-refractivity contribution in [2.24, 2.45) is 0 Å². The van der Waals surface area contributed by atoms with Crippen LogP contribution in [0, 0.1) is 0 Å². The number of hydrogen-bond acceptors (Lipinski definition) is 4. The smallest absolute Gasteiger partial charge is 0.303 e. The average Bonchev–Trinajstić information content (AvgIpc) is 2.73. The number of hydrogen-bond donors (Lipinski definition) is 1. The third-order valence-corrected chi connectivity index (χ3v) is 2.88. The van der Waals surface area contributed by atoms with Gasteiger partial charge in [-0.3, -0.25) is 9.59 Å². The molecule has 1 aliphatic heterocycles. The summed E-state index contributed by atoms with van der Waals surface area (Å²) in [7, 11) is 0. The van der Waals surface area contributed by atoms with Crippen molar-refractivity contribution >= 4 is 11.8 Å². The fraction of sp³-hybridized carbons (Fsp3) is 0.333. The summed E-state index contributed by atoms with van der Waals surface area (Å²) >= 11 is 0. The summed E-state index contributed by atoms with van der Waals surface area (Å²) in [6.45, 7) is 3.87. The van der Waals surface area contributed by atoms with Crippen molar-refractivity contribution in [1.82, 2.24) is 0 Å². The molecular formula is C15H16O5. The molecule has 5 heteroatoms. The number of carbonyl (C=O) groups is 2. The van der Waals surface area contributed by atoms with Gasteiger partial charge >= 0.3 is 5.97 Å². The zero-order valence-electron chi connectivity index (χ0n) is 11.4. The molecule has 0 amide bonds. The molecule has 0 unspecified atom stereocenters. The number of benzene rings is 1. The van der Waals surface area contributed by atoms with E-state index in [0.29, 0.717) is 29.2 Å². The third-order valence-electron chi connectivity index (χ3n) is 2.88. The van der Waals surface area contributed by atoms with Crippen molar-refractivity contribution in [3.05, 3.63) is 35.1 Å². The molecule has 0 bridgehead atoms. The van der Waals surface area contributed by atoms with E-state index in [1.54, 1.807) is 18.2 Å². The van der Waals surface area contributed by atoms with E-state index in [0.717, 1.165) is 5.57 Å². The summed E-state index contributed by atoms with van der Waals surface area (Å²) in [5, 5.41) is 8.57. The molecule has 20 heavy (non-hydrogen) atoms. The Balaban J connectivity index is 2.15. The van der Waals surface area contributed by atoms with E-state index < -0.39 is 5.97 Å². The molecule has 1 aliphatic rings. The molecule has 0 saturated carbocycles. The first kappa shape index (κ1) is 14.1. The van der Waals surface area contributed by atoms with Crippen LogP contribution in [0.1, 0.15) is 37.0 Å². The van der Waals surface area contributed by atoms with E-state index in [9.17, 15) is 9.59 Å². The summed E-state index contributed by atoms with van der Waals surface area (Å²) in [5.41, 5.74) is 1.22. The molecule has 0 fully saturated rings. The number of carbonyl (C=O) groups excluding carboxylic acids is 1. The second-order valence-electron chi connectivity index (χ2n) is 4.74. The van der Waals surface area contributed by atoms with Gasteiger partial charge in [0, 0.05) is 6.42 Å². The van der Waals surface area contributed by atoms with Gasteiger partial charge in [-0.15, -0.1) is 0 Å². The number of carboxylic acid groups (broad SMARTS) is 1. The van der Waals surface area contributed by atoms with Crippen molar-refractivity contribution in [3.8, 4) is 11.5 Å². The van der Waals surface area contributed by atoms with Crippen LogP contribution in [0.5, 0.6) is 11.5 Å². The first-order valence-corrected chi connectivity index (χ1v) is 6.38. The van der Waals surface area contributed by atoms with Crippen molar-refractivity contribution in [1.29, 1.82) is 0 Å². The van der Waals surface area contributed by atoms with E-state index in [1.807, 2.05) is 13.8 Å². The topological polar surface area (TPSA) is 72.8 Å². The summed E-state index contributed by atoms with van der Waals surface area (Å²) in [6, 6.07) is 5.15. The van der Waals surface area contributed by atoms with Gasteiger partial charge in [-0.25, -0.2) is 0 Å². The summed E-state index contributed by atoms with van der Waals surface area (Å²) < 4.78 is 11.0. The molecule has 1 N–H and O–H groups in total. The monoisotopic (exact) mass is 276 g/mol. The standard InChI is InChI=1S/C15H16O5/c1-9(2)15-14(18)13-10(5-3-6-11(13)20-15)19-8-4-7-12(16)17/h3,5-6H,4,7-8H2,1-2H3,(H,16,17). The number of ketones is 1. The molecule has 1 aromatic carbocycles. The molecule has 0 atom stereocenters. The second kappa shape index (κ2) is 5.77. The highest BCUT2D eigenvalue weighted by Gasteiger charge is 2.31. The molecule has 1 heterocycles. The lowest BCUT2D eigenvalue weighted by Gasteiger charge is -2.07. The Hall–Kier alpha value is -2.30. The minimum atomic E-state index is -0.863. The van der Waals surface area contributed by atoms with Gasteiger partial charge in [0.05, 0.1) is 6.61 Å². The number of Topliss-reactive ketones (excluding diaryl/α,β-unsaturated/α-hetero) is 1. The minimum Gasteiger partial charge on any atom is -0.493 e. The van der Waals surface area contributed by atoms with Crippen LogP contribution in [0.3, 0.4) is 0 Å². The highest BCUT2D eigenvalue weighted by atomic mass is 16.5. The highest BCUT2D eigenvalue weighted by molar-refractivity contribution is 6.14. The fourth-order valence-electron chi connectivity index (χ4n) is 1.94. The Morgan fingerprint density at radius 3 is 2.75 bits per heavy atom. The average molecular weight is 276 g/mol. The van der Waals surface area contributed by atoms with Crippen LogP contribution in [-0.2, 0) is 4.79 Å². The molecular weight excluding hydrogens is 260 g/mol. The second-order valence-corrected chi connectivity index (χ2v) is 4.74. The maximum absolute atomic E-state index is 12.2. The number of ether oxygens (including phenoxy) is 2. The van der Waals surface area contributed by atoms with Crippen molar-refractivity contribution in [2.45, 2.75) is 26.7 Å². The largest absolute Gasteiger partial charge is 0.493 e. The summed E-state index contributed by atoms with van der Waals surface area (Å²) in [4.78, 5) is 22.7. The normalized spacial score (nSPS) is 12.9. The first-order valence-electron chi connectivity index (χ1n) is 6.38. The van der Waals surface area contributed by atoms with Crippen molar-refractivity contribution < 1.29 is 24.2 Å². The Morgan fingerprint density at radius 1 is 1.35 bits per heavy atom. The molecule has 2 rings (SSSR count). The number of rotatable bonds is 5. The van der Waals surface area contributed by atoms with Crippen LogP contribution >= 0.6 is 0 Å². The van der Waals surface area contributed by atoms with E-state index in [4.69, 9.17) is 14.6 Å². The molecule has 5 nitrogen and oxygen atoms in total.